The van der Waals surface area contributed by atoms with Gasteiger partial charge in [0.05, 0.1) is 18.1 Å². The highest BCUT2D eigenvalue weighted by atomic mass is 32.2. The van der Waals surface area contributed by atoms with Crippen molar-refractivity contribution in [1.29, 1.82) is 0 Å². The summed E-state index contributed by atoms with van der Waals surface area (Å²) < 4.78 is 30.1. The molecule has 32 heavy (non-hydrogen) atoms. The van der Waals surface area contributed by atoms with Crippen LogP contribution < -0.4 is 10.0 Å². The van der Waals surface area contributed by atoms with Crippen molar-refractivity contribution in [3.63, 3.8) is 0 Å². The molecule has 1 aromatic carbocycles. The summed E-state index contributed by atoms with van der Waals surface area (Å²) in [7, 11) is -3.84. The second-order valence-electron chi connectivity index (χ2n) is 8.47. The van der Waals surface area contributed by atoms with E-state index in [0.717, 1.165) is 17.9 Å². The van der Waals surface area contributed by atoms with Crippen molar-refractivity contribution in [1.82, 2.24) is 24.8 Å². The van der Waals surface area contributed by atoms with Gasteiger partial charge in [0, 0.05) is 25.0 Å². The van der Waals surface area contributed by atoms with Gasteiger partial charge in [-0.25, -0.2) is 9.97 Å². The molecule has 1 fully saturated rings. The lowest BCUT2D eigenvalue weighted by Gasteiger charge is -2.25. The number of nitrogens with one attached hydrogen (secondary N) is 2. The van der Waals surface area contributed by atoms with Crippen LogP contribution in [0.5, 0.6) is 0 Å². The number of hydrogen-bond acceptors (Lipinski definition) is 6. The maximum Gasteiger partial charge on any atom is 0.280 e. The average Bonchev–Trinajstić information content (AvgIpc) is 3.31. The zero-order chi connectivity index (χ0) is 22.4. The van der Waals surface area contributed by atoms with Gasteiger partial charge < -0.3 is 5.32 Å². The first-order valence-corrected chi connectivity index (χ1v) is 12.6. The highest BCUT2D eigenvalue weighted by Gasteiger charge is 2.20. The molecular weight excluding hydrogens is 424 g/mol. The van der Waals surface area contributed by atoms with Gasteiger partial charge in [-0.3, -0.25) is 14.3 Å². The Balaban J connectivity index is 1.41. The van der Waals surface area contributed by atoms with Crippen molar-refractivity contribution in [3.05, 3.63) is 60.9 Å². The molecule has 1 aliphatic carbocycles. The number of para-hydroxylation sites is 1. The summed E-state index contributed by atoms with van der Waals surface area (Å²) in [5, 5.41) is 3.50. The maximum atomic E-state index is 13.0. The van der Waals surface area contributed by atoms with Gasteiger partial charge in [0.1, 0.15) is 6.33 Å². The molecule has 0 amide bonds. The number of aromatic nitrogens is 4. The second-order valence-corrected chi connectivity index (χ2v) is 10.1. The van der Waals surface area contributed by atoms with Crippen LogP contribution in [0.1, 0.15) is 51.0 Å². The van der Waals surface area contributed by atoms with E-state index >= 15 is 0 Å². The monoisotopic (exact) mass is 454 g/mol. The quantitative estimate of drug-likeness (QED) is 0.508. The summed E-state index contributed by atoms with van der Waals surface area (Å²) in [5.41, 5.74) is 1.46. The second kappa shape index (κ2) is 10.2. The Morgan fingerprint density at radius 3 is 2.72 bits per heavy atom. The van der Waals surface area contributed by atoms with Crippen LogP contribution in [0.4, 0.5) is 5.69 Å². The number of hydrogen-bond donors (Lipinski definition) is 2. The molecule has 0 aliphatic heterocycles. The molecule has 3 aromatic rings. The molecule has 0 radical (unpaired) electrons. The van der Waals surface area contributed by atoms with Crippen molar-refractivity contribution < 1.29 is 8.42 Å². The van der Waals surface area contributed by atoms with Crippen molar-refractivity contribution >= 4 is 15.7 Å². The Hall–Kier alpha value is -2.78. The average molecular weight is 455 g/mol. The SMILES string of the molecule is C[C@@H](CC1CCCCC1)NCc1ccccc1NS(=O)(=O)c1cn(-c2cnccn2)cn1. The Kier molecular flexibility index (Phi) is 7.16. The fraction of sp³-hybridized carbons (Fsp3) is 0.435. The van der Waals surface area contributed by atoms with Crippen LogP contribution in [0, 0.1) is 5.92 Å². The summed E-state index contributed by atoms with van der Waals surface area (Å²) in [6, 6.07) is 7.84. The van der Waals surface area contributed by atoms with E-state index in [1.165, 1.54) is 49.2 Å². The van der Waals surface area contributed by atoms with Gasteiger partial charge in [-0.05, 0) is 30.9 Å². The van der Waals surface area contributed by atoms with E-state index in [1.54, 1.807) is 24.7 Å². The molecule has 2 N–H and O–H groups in total. The van der Waals surface area contributed by atoms with Gasteiger partial charge in [0.2, 0.25) is 0 Å². The van der Waals surface area contributed by atoms with Gasteiger partial charge >= 0.3 is 0 Å². The maximum absolute atomic E-state index is 13.0. The third-order valence-electron chi connectivity index (χ3n) is 5.96. The minimum absolute atomic E-state index is 0.0726. The van der Waals surface area contributed by atoms with Gasteiger partial charge in [0.25, 0.3) is 10.0 Å². The Morgan fingerprint density at radius 1 is 1.12 bits per heavy atom. The molecule has 2 heterocycles. The topological polar surface area (TPSA) is 102 Å². The van der Waals surface area contributed by atoms with Gasteiger partial charge in [0.15, 0.2) is 10.8 Å². The van der Waals surface area contributed by atoms with E-state index < -0.39 is 10.0 Å². The molecule has 1 atom stereocenters. The first kappa shape index (κ1) is 22.4. The van der Waals surface area contributed by atoms with Crippen LogP contribution in [-0.2, 0) is 16.6 Å². The normalized spacial score (nSPS) is 16.0. The first-order chi connectivity index (χ1) is 15.5. The van der Waals surface area contributed by atoms with Crippen molar-refractivity contribution in [2.24, 2.45) is 5.92 Å². The van der Waals surface area contributed by atoms with Crippen LogP contribution in [0.25, 0.3) is 5.82 Å². The predicted octanol–water partition coefficient (Wildman–Crippen LogP) is 3.91. The van der Waals surface area contributed by atoms with Crippen LogP contribution in [-0.4, -0.2) is 34.0 Å². The van der Waals surface area contributed by atoms with Crippen molar-refractivity contribution in [2.75, 3.05) is 4.72 Å². The van der Waals surface area contributed by atoms with Crippen LogP contribution in [0.15, 0.2) is 60.4 Å². The van der Waals surface area contributed by atoms with E-state index in [2.05, 4.69) is 31.9 Å². The highest BCUT2D eigenvalue weighted by molar-refractivity contribution is 7.92. The summed E-state index contributed by atoms with van der Waals surface area (Å²) >= 11 is 0. The molecule has 1 saturated carbocycles. The Labute approximate surface area is 189 Å². The summed E-state index contributed by atoms with van der Waals surface area (Å²) in [6.45, 7) is 2.81. The van der Waals surface area contributed by atoms with E-state index in [0.29, 0.717) is 24.1 Å². The van der Waals surface area contributed by atoms with E-state index in [4.69, 9.17) is 0 Å². The molecule has 0 unspecified atom stereocenters. The largest absolute Gasteiger partial charge is 0.310 e. The summed E-state index contributed by atoms with van der Waals surface area (Å²) in [5.74, 6) is 1.29. The number of nitrogens with zero attached hydrogens (tertiary/aromatic N) is 4. The fourth-order valence-corrected chi connectivity index (χ4v) is 5.29. The molecule has 0 spiro atoms. The minimum Gasteiger partial charge on any atom is -0.310 e. The number of anilines is 1. The summed E-state index contributed by atoms with van der Waals surface area (Å²) in [6.07, 6.45) is 15.3. The van der Waals surface area contributed by atoms with Gasteiger partial charge in [-0.1, -0.05) is 50.3 Å². The number of benzene rings is 1. The van der Waals surface area contributed by atoms with E-state index in [1.807, 2.05) is 18.2 Å². The molecular formula is C23H30N6O2S. The third kappa shape index (κ3) is 5.72. The Bertz CT molecular complexity index is 1110. The lowest BCUT2D eigenvalue weighted by molar-refractivity contribution is 0.305. The van der Waals surface area contributed by atoms with Crippen molar-refractivity contribution in [2.45, 2.75) is 63.1 Å². The number of imidazole rings is 1. The molecule has 8 nitrogen and oxygen atoms in total. The summed E-state index contributed by atoms with van der Waals surface area (Å²) in [4.78, 5) is 12.2. The zero-order valence-electron chi connectivity index (χ0n) is 18.3. The smallest absolute Gasteiger partial charge is 0.280 e. The third-order valence-corrected chi connectivity index (χ3v) is 7.21. The van der Waals surface area contributed by atoms with Gasteiger partial charge in [-0.15, -0.1) is 0 Å². The Morgan fingerprint density at radius 2 is 1.94 bits per heavy atom. The van der Waals surface area contributed by atoms with E-state index in [9.17, 15) is 8.42 Å². The zero-order valence-corrected chi connectivity index (χ0v) is 19.1. The standard InChI is InChI=1S/C23H30N6O2S/c1-18(13-19-7-3-2-4-8-19)26-14-20-9-5-6-10-21(20)28-32(30,31)23-16-29(17-27-23)22-15-24-11-12-25-22/h5-6,9-12,15-19,26,28H,2-4,7-8,13-14H2,1H3/t18-/m0/s1. The van der Waals surface area contributed by atoms with Crippen molar-refractivity contribution in [3.8, 4) is 5.82 Å². The lowest BCUT2D eigenvalue weighted by Crippen LogP contribution is -2.29. The number of sulfonamides is 1. The highest BCUT2D eigenvalue weighted by Crippen LogP contribution is 2.27. The van der Waals surface area contributed by atoms with Crippen LogP contribution >= 0.6 is 0 Å². The number of rotatable bonds is 9. The first-order valence-electron chi connectivity index (χ1n) is 11.2. The van der Waals surface area contributed by atoms with E-state index in [-0.39, 0.29) is 5.03 Å². The minimum atomic E-state index is -3.84. The predicted molar refractivity (Wildman–Crippen MR) is 124 cm³/mol. The molecule has 9 heteroatoms. The molecule has 2 aromatic heterocycles. The molecule has 0 bridgehead atoms. The molecule has 4 rings (SSSR count). The van der Waals surface area contributed by atoms with Gasteiger partial charge in [-0.2, -0.15) is 8.42 Å². The molecule has 170 valence electrons. The fourth-order valence-electron chi connectivity index (χ4n) is 4.25. The molecule has 1 aliphatic rings. The van der Waals surface area contributed by atoms with Crippen LogP contribution in [0.2, 0.25) is 0 Å². The molecule has 0 saturated heterocycles. The lowest BCUT2D eigenvalue weighted by atomic mass is 9.85. The van der Waals surface area contributed by atoms with Crippen LogP contribution in [0.3, 0.4) is 0 Å².